The third-order valence-electron chi connectivity index (χ3n) is 4.25. The Labute approximate surface area is 120 Å². The van der Waals surface area contributed by atoms with Crippen LogP contribution in [0.1, 0.15) is 25.7 Å². The predicted octanol–water partition coefficient (Wildman–Crippen LogP) is 2.11. The molecule has 0 aliphatic heterocycles. The molecule has 0 radical (unpaired) electrons. The van der Waals surface area contributed by atoms with Gasteiger partial charge in [0.1, 0.15) is 0 Å². The van der Waals surface area contributed by atoms with Gasteiger partial charge in [0.05, 0.1) is 6.54 Å². The van der Waals surface area contributed by atoms with Crippen LogP contribution in [0.15, 0.2) is 24.3 Å². The van der Waals surface area contributed by atoms with Gasteiger partial charge in [-0.2, -0.15) is 0 Å². The normalized spacial score (nSPS) is 18.3. The third-order valence-corrected chi connectivity index (χ3v) is 4.25. The van der Waals surface area contributed by atoms with E-state index in [2.05, 4.69) is 4.90 Å². The zero-order valence-corrected chi connectivity index (χ0v) is 12.1. The summed E-state index contributed by atoms with van der Waals surface area (Å²) in [4.78, 5) is 16.5. The number of nitrogens with zero attached hydrogens (tertiary/aromatic N) is 2. The van der Waals surface area contributed by atoms with Gasteiger partial charge in [-0.3, -0.25) is 9.69 Å². The van der Waals surface area contributed by atoms with Gasteiger partial charge in [0.15, 0.2) is 0 Å². The van der Waals surface area contributed by atoms with Crippen LogP contribution in [0.3, 0.4) is 0 Å². The minimum Gasteiger partial charge on any atom is -0.399 e. The molecular weight excluding hydrogens is 250 g/mol. The summed E-state index contributed by atoms with van der Waals surface area (Å²) in [5.41, 5.74) is 7.32. The Morgan fingerprint density at radius 1 is 1.20 bits per heavy atom. The monoisotopic (exact) mass is 273 g/mol. The molecule has 108 valence electrons. The number of hydrogen-bond donors (Lipinski definition) is 1. The van der Waals surface area contributed by atoms with E-state index < -0.39 is 0 Å². The minimum atomic E-state index is 0.169. The van der Waals surface area contributed by atoms with Crippen molar-refractivity contribution in [3.63, 3.8) is 0 Å². The molecule has 3 rings (SSSR count). The first-order chi connectivity index (χ1) is 9.63. The molecule has 2 N–H and O–H groups in total. The van der Waals surface area contributed by atoms with E-state index in [4.69, 9.17) is 5.73 Å². The molecule has 0 bridgehead atoms. The molecule has 1 aromatic rings. The van der Waals surface area contributed by atoms with Crippen LogP contribution in [0.25, 0.3) is 0 Å². The molecular formula is C16H23N3O. The summed E-state index contributed by atoms with van der Waals surface area (Å²) in [6.45, 7) is 1.65. The molecule has 1 aromatic carbocycles. The van der Waals surface area contributed by atoms with Crippen LogP contribution in [0.2, 0.25) is 0 Å². The minimum absolute atomic E-state index is 0.169. The quantitative estimate of drug-likeness (QED) is 0.808. The van der Waals surface area contributed by atoms with Crippen molar-refractivity contribution in [3.8, 4) is 0 Å². The maximum Gasteiger partial charge on any atom is 0.240 e. The van der Waals surface area contributed by atoms with Crippen LogP contribution in [0.4, 0.5) is 11.4 Å². The fourth-order valence-electron chi connectivity index (χ4n) is 2.54. The fraction of sp³-hybridized carbons (Fsp3) is 0.562. The molecule has 1 amide bonds. The lowest BCUT2D eigenvalue weighted by atomic mass is 10.2. The van der Waals surface area contributed by atoms with Crippen LogP contribution in [0, 0.1) is 5.92 Å². The number of likely N-dealkylation sites (N-methyl/N-ethyl adjacent to an activating group) is 1. The van der Waals surface area contributed by atoms with Crippen molar-refractivity contribution in [3.05, 3.63) is 24.3 Å². The average Bonchev–Trinajstić information content (AvgIpc) is 3.30. The van der Waals surface area contributed by atoms with E-state index in [1.165, 1.54) is 25.7 Å². The number of carbonyl (C=O) groups excluding carboxylic acids is 1. The van der Waals surface area contributed by atoms with Crippen molar-refractivity contribution in [1.82, 2.24) is 4.90 Å². The lowest BCUT2D eigenvalue weighted by Gasteiger charge is -2.25. The van der Waals surface area contributed by atoms with Gasteiger partial charge in [0.25, 0.3) is 0 Å². The highest BCUT2D eigenvalue weighted by atomic mass is 16.2. The highest BCUT2D eigenvalue weighted by molar-refractivity contribution is 5.94. The maximum atomic E-state index is 12.4. The van der Waals surface area contributed by atoms with Crippen molar-refractivity contribution in [2.24, 2.45) is 5.92 Å². The van der Waals surface area contributed by atoms with Crippen LogP contribution in [-0.4, -0.2) is 37.0 Å². The van der Waals surface area contributed by atoms with Crippen molar-refractivity contribution in [2.45, 2.75) is 31.7 Å². The summed E-state index contributed by atoms with van der Waals surface area (Å²) in [6, 6.07) is 8.12. The van der Waals surface area contributed by atoms with Gasteiger partial charge >= 0.3 is 0 Å². The lowest BCUT2D eigenvalue weighted by molar-refractivity contribution is -0.119. The van der Waals surface area contributed by atoms with Crippen LogP contribution < -0.4 is 10.6 Å². The zero-order valence-electron chi connectivity index (χ0n) is 12.1. The van der Waals surface area contributed by atoms with Crippen LogP contribution >= 0.6 is 0 Å². The largest absolute Gasteiger partial charge is 0.399 e. The topological polar surface area (TPSA) is 49.6 Å². The predicted molar refractivity (Wildman–Crippen MR) is 81.6 cm³/mol. The summed E-state index contributed by atoms with van der Waals surface area (Å²) in [5, 5.41) is 0. The van der Waals surface area contributed by atoms with Crippen molar-refractivity contribution in [1.29, 1.82) is 0 Å². The van der Waals surface area contributed by atoms with Gasteiger partial charge < -0.3 is 10.6 Å². The van der Waals surface area contributed by atoms with E-state index in [9.17, 15) is 4.79 Å². The van der Waals surface area contributed by atoms with E-state index in [0.29, 0.717) is 12.6 Å². The molecule has 4 nitrogen and oxygen atoms in total. The van der Waals surface area contributed by atoms with Crippen molar-refractivity contribution in [2.75, 3.05) is 30.8 Å². The smallest absolute Gasteiger partial charge is 0.240 e. The summed E-state index contributed by atoms with van der Waals surface area (Å²) < 4.78 is 0. The summed E-state index contributed by atoms with van der Waals surface area (Å²) in [5.74, 6) is 1.01. The first-order valence-electron chi connectivity index (χ1n) is 7.49. The Balaban J connectivity index is 1.60. The molecule has 20 heavy (non-hydrogen) atoms. The van der Waals surface area contributed by atoms with Gasteiger partial charge in [-0.1, -0.05) is 0 Å². The highest BCUT2D eigenvalue weighted by Gasteiger charge is 2.35. The second-order valence-corrected chi connectivity index (χ2v) is 6.15. The second-order valence-electron chi connectivity index (χ2n) is 6.15. The lowest BCUT2D eigenvalue weighted by Crippen LogP contribution is -2.40. The van der Waals surface area contributed by atoms with Gasteiger partial charge in [0, 0.05) is 31.0 Å². The van der Waals surface area contributed by atoms with E-state index in [0.717, 1.165) is 23.8 Å². The first kappa shape index (κ1) is 13.4. The van der Waals surface area contributed by atoms with Gasteiger partial charge in [-0.05, 0) is 55.9 Å². The Morgan fingerprint density at radius 3 is 2.40 bits per heavy atom. The average molecular weight is 273 g/mol. The molecule has 0 heterocycles. The third kappa shape index (κ3) is 3.31. The molecule has 4 heteroatoms. The number of carbonyl (C=O) groups is 1. The Hall–Kier alpha value is -1.55. The number of hydrogen-bond acceptors (Lipinski definition) is 3. The molecule has 2 saturated carbocycles. The molecule has 2 fully saturated rings. The van der Waals surface area contributed by atoms with Crippen LogP contribution in [-0.2, 0) is 4.79 Å². The number of rotatable bonds is 6. The molecule has 0 spiro atoms. The molecule has 0 aromatic heterocycles. The molecule has 2 aliphatic carbocycles. The zero-order chi connectivity index (χ0) is 14.1. The Kier molecular flexibility index (Phi) is 3.66. The number of nitrogens with two attached hydrogens (primary N) is 1. The highest BCUT2D eigenvalue weighted by Crippen LogP contribution is 2.34. The van der Waals surface area contributed by atoms with E-state index >= 15 is 0 Å². The standard InChI is InChI=1S/C16H23N3O/c1-18(14-6-4-13(17)5-7-14)16(20)11-19(15-8-9-15)10-12-2-3-12/h4-7,12,15H,2-3,8-11,17H2,1H3. The summed E-state index contributed by atoms with van der Waals surface area (Å²) in [7, 11) is 1.84. The molecule has 0 atom stereocenters. The first-order valence-corrected chi connectivity index (χ1v) is 7.49. The van der Waals surface area contributed by atoms with E-state index in [1.807, 2.05) is 31.3 Å². The Bertz CT molecular complexity index is 477. The summed E-state index contributed by atoms with van der Waals surface area (Å²) in [6.07, 6.45) is 5.19. The molecule has 0 saturated heterocycles. The number of benzene rings is 1. The maximum absolute atomic E-state index is 12.4. The molecule has 2 aliphatic rings. The Morgan fingerprint density at radius 2 is 1.85 bits per heavy atom. The van der Waals surface area contributed by atoms with Crippen molar-refractivity contribution >= 4 is 17.3 Å². The van der Waals surface area contributed by atoms with Gasteiger partial charge in [0.2, 0.25) is 5.91 Å². The van der Waals surface area contributed by atoms with E-state index in [-0.39, 0.29) is 5.91 Å². The SMILES string of the molecule is CN(C(=O)CN(CC1CC1)C1CC1)c1ccc(N)cc1. The van der Waals surface area contributed by atoms with Gasteiger partial charge in [-0.25, -0.2) is 0 Å². The summed E-state index contributed by atoms with van der Waals surface area (Å²) >= 11 is 0. The number of nitrogen functional groups attached to an aromatic ring is 1. The van der Waals surface area contributed by atoms with E-state index in [1.54, 1.807) is 4.90 Å². The number of anilines is 2. The van der Waals surface area contributed by atoms with Crippen LogP contribution in [0.5, 0.6) is 0 Å². The molecule has 0 unspecified atom stereocenters. The van der Waals surface area contributed by atoms with Gasteiger partial charge in [-0.15, -0.1) is 0 Å². The van der Waals surface area contributed by atoms with Crippen molar-refractivity contribution < 1.29 is 4.79 Å². The number of amides is 1. The fourth-order valence-corrected chi connectivity index (χ4v) is 2.54. The second kappa shape index (κ2) is 5.44.